The second-order valence-corrected chi connectivity index (χ2v) is 21.3. The van der Waals surface area contributed by atoms with Gasteiger partial charge in [-0.05, 0) is 123 Å². The van der Waals surface area contributed by atoms with Crippen molar-refractivity contribution >= 4 is 40.8 Å². The van der Waals surface area contributed by atoms with Crippen LogP contribution < -0.4 is 11.1 Å². The molecule has 5 saturated carbocycles. The quantitative estimate of drug-likeness (QED) is 0.111. The summed E-state index contributed by atoms with van der Waals surface area (Å²) in [6.07, 6.45) is 12.1. The van der Waals surface area contributed by atoms with Crippen molar-refractivity contribution in [3.05, 3.63) is 34.9 Å². The lowest BCUT2D eigenvalue weighted by Crippen LogP contribution is -2.77. The summed E-state index contributed by atoms with van der Waals surface area (Å²) in [7, 11) is 2.89. The van der Waals surface area contributed by atoms with E-state index in [-0.39, 0.29) is 28.3 Å². The number of phenols is 1. The standard InChI is InChI=1S/C49H67N3O10/c1-22(2)9-8-10-23(3)27-13-14-30-29(27)15-17-32-31(30)12-11-25-21-26(19-20-48(25,32)5)62-47(60)51-33-18-16-28-24(4)34-36(41(54)35(28)40(33)53)44(57)49(61)38(42(34)55)39(52(6)7)43(56)37(45(49)58)46(50)59/h11,16,18,22-24,26-27,29-32,34,36-39,42,53,55,61H,8-10,12-15,17,19-21H2,1-7H3,(H2,50,59)(H,51,60). The van der Waals surface area contributed by atoms with Crippen molar-refractivity contribution in [3.8, 4) is 5.75 Å². The number of carbonyl (C=O) groups is 6. The molecule has 0 spiro atoms. The maximum atomic E-state index is 14.4. The van der Waals surface area contributed by atoms with Gasteiger partial charge in [-0.15, -0.1) is 0 Å². The molecule has 0 radical (unpaired) electrons. The van der Waals surface area contributed by atoms with Gasteiger partial charge in [-0.25, -0.2) is 4.79 Å². The number of likely N-dealkylation sites (N-methyl/N-ethyl adjacent to an activating group) is 1. The molecule has 0 aliphatic heterocycles. The Hall–Kier alpha value is -3.94. The van der Waals surface area contributed by atoms with E-state index < -0.39 is 88.2 Å². The number of ether oxygens (including phenoxy) is 1. The Labute approximate surface area is 365 Å². The van der Waals surface area contributed by atoms with Gasteiger partial charge in [-0.2, -0.15) is 0 Å². The van der Waals surface area contributed by atoms with Gasteiger partial charge in [-0.1, -0.05) is 71.6 Å². The van der Waals surface area contributed by atoms with E-state index >= 15 is 0 Å². The normalized spacial score (nSPS) is 40.4. The molecule has 16 unspecified atom stereocenters. The first-order valence-electron chi connectivity index (χ1n) is 23.3. The van der Waals surface area contributed by atoms with Crippen LogP contribution in [0.5, 0.6) is 5.75 Å². The number of aromatic hydroxyl groups is 1. The summed E-state index contributed by atoms with van der Waals surface area (Å²) in [6.45, 7) is 11.2. The molecule has 6 N–H and O–H groups in total. The molecular weight excluding hydrogens is 791 g/mol. The number of benzene rings is 1. The van der Waals surface area contributed by atoms with Crippen molar-refractivity contribution in [2.45, 2.75) is 135 Å². The number of nitrogens with zero attached hydrogens (tertiary/aromatic N) is 1. The fourth-order valence-electron chi connectivity index (χ4n) is 14.6. The number of anilines is 1. The Morgan fingerprint density at radius 1 is 0.984 bits per heavy atom. The number of hydrogen-bond acceptors (Lipinski definition) is 11. The first-order valence-corrected chi connectivity index (χ1v) is 23.3. The van der Waals surface area contributed by atoms with Crippen LogP contribution in [0.1, 0.15) is 127 Å². The highest BCUT2D eigenvalue weighted by Gasteiger charge is 2.73. The summed E-state index contributed by atoms with van der Waals surface area (Å²) >= 11 is 0. The van der Waals surface area contributed by atoms with E-state index in [1.807, 2.05) is 0 Å². The molecule has 13 nitrogen and oxygen atoms in total. The minimum Gasteiger partial charge on any atom is -0.505 e. The average molecular weight is 858 g/mol. The number of amides is 2. The van der Waals surface area contributed by atoms with Crippen molar-refractivity contribution in [1.82, 2.24) is 4.90 Å². The third kappa shape index (κ3) is 6.80. The number of aliphatic hydroxyl groups is 2. The topological polar surface area (TPSA) is 214 Å². The predicted molar refractivity (Wildman–Crippen MR) is 230 cm³/mol. The third-order valence-electron chi connectivity index (χ3n) is 17.6. The van der Waals surface area contributed by atoms with Gasteiger partial charge in [0.2, 0.25) is 5.91 Å². The molecule has 1 aromatic rings. The highest BCUT2D eigenvalue weighted by molar-refractivity contribution is 6.32. The van der Waals surface area contributed by atoms with E-state index in [2.05, 4.69) is 39.1 Å². The highest BCUT2D eigenvalue weighted by Crippen LogP contribution is 2.63. The van der Waals surface area contributed by atoms with Crippen LogP contribution in [0.15, 0.2) is 23.8 Å². The molecule has 13 heteroatoms. The number of ketones is 4. The Kier molecular flexibility index (Phi) is 11.7. The molecule has 0 bridgehead atoms. The summed E-state index contributed by atoms with van der Waals surface area (Å²) in [5, 5.41) is 38.0. The van der Waals surface area contributed by atoms with Gasteiger partial charge in [0, 0.05) is 12.3 Å². The minimum absolute atomic E-state index is 0.0695. The molecule has 7 aliphatic carbocycles. The molecule has 0 heterocycles. The number of hydrogen-bond donors (Lipinski definition) is 5. The van der Waals surface area contributed by atoms with Gasteiger partial charge in [0.05, 0.1) is 35.2 Å². The number of phenolic OH excluding ortho intramolecular Hbond substituents is 1. The zero-order valence-corrected chi connectivity index (χ0v) is 37.4. The minimum atomic E-state index is -3.10. The van der Waals surface area contributed by atoms with Crippen LogP contribution in [0.4, 0.5) is 10.5 Å². The van der Waals surface area contributed by atoms with Crippen LogP contribution >= 0.6 is 0 Å². The number of carbonyl (C=O) groups excluding carboxylic acids is 6. The number of primary amides is 1. The lowest BCUT2D eigenvalue weighted by Gasteiger charge is -2.56. The molecule has 2 amide bonds. The number of nitrogens with one attached hydrogen (secondary N) is 1. The number of Topliss-reactive ketones (excluding diaryl/α,β-unsaturated/α-hetero) is 4. The Morgan fingerprint density at radius 3 is 2.37 bits per heavy atom. The lowest BCUT2D eigenvalue weighted by molar-refractivity contribution is -0.196. The summed E-state index contributed by atoms with van der Waals surface area (Å²) in [6, 6.07) is 1.50. The van der Waals surface area contributed by atoms with E-state index in [4.69, 9.17) is 10.5 Å². The van der Waals surface area contributed by atoms with Gasteiger partial charge in [-0.3, -0.25) is 34.2 Å². The number of rotatable bonds is 9. The highest BCUT2D eigenvalue weighted by atomic mass is 16.6. The molecule has 0 saturated heterocycles. The summed E-state index contributed by atoms with van der Waals surface area (Å²) in [4.78, 5) is 83.0. The van der Waals surface area contributed by atoms with E-state index in [9.17, 15) is 44.1 Å². The van der Waals surface area contributed by atoms with Crippen LogP contribution in [0, 0.1) is 70.5 Å². The molecule has 62 heavy (non-hydrogen) atoms. The largest absolute Gasteiger partial charge is 0.505 e. The maximum Gasteiger partial charge on any atom is 0.412 e. The predicted octanol–water partition coefficient (Wildman–Crippen LogP) is 5.97. The first-order chi connectivity index (χ1) is 29.2. The second-order valence-electron chi connectivity index (χ2n) is 21.3. The van der Waals surface area contributed by atoms with Crippen molar-refractivity contribution in [2.24, 2.45) is 76.2 Å². The van der Waals surface area contributed by atoms with Crippen molar-refractivity contribution in [2.75, 3.05) is 19.4 Å². The van der Waals surface area contributed by atoms with E-state index in [1.165, 1.54) is 81.6 Å². The Morgan fingerprint density at radius 2 is 1.69 bits per heavy atom. The van der Waals surface area contributed by atoms with E-state index in [0.29, 0.717) is 24.7 Å². The molecular formula is C49H67N3O10. The molecule has 0 aromatic heterocycles. The van der Waals surface area contributed by atoms with Gasteiger partial charge in [0.15, 0.2) is 34.7 Å². The number of fused-ring (bicyclic) bond motifs is 8. The van der Waals surface area contributed by atoms with Crippen LogP contribution in [0.3, 0.4) is 0 Å². The van der Waals surface area contributed by atoms with Gasteiger partial charge >= 0.3 is 6.09 Å². The van der Waals surface area contributed by atoms with Gasteiger partial charge < -0.3 is 25.8 Å². The van der Waals surface area contributed by atoms with Gasteiger partial charge in [0.25, 0.3) is 0 Å². The fourth-order valence-corrected chi connectivity index (χ4v) is 14.6. The van der Waals surface area contributed by atoms with Gasteiger partial charge in [0.1, 0.15) is 11.9 Å². The maximum absolute atomic E-state index is 14.4. The number of allylic oxidation sites excluding steroid dienone is 1. The molecule has 8 rings (SSSR count). The summed E-state index contributed by atoms with van der Waals surface area (Å²) in [5.41, 5.74) is 3.61. The average Bonchev–Trinajstić information content (AvgIpc) is 3.65. The molecule has 5 fully saturated rings. The Balaban J connectivity index is 0.958. The second kappa shape index (κ2) is 16.2. The van der Waals surface area contributed by atoms with Crippen LogP contribution in [0.25, 0.3) is 0 Å². The van der Waals surface area contributed by atoms with Crippen molar-refractivity contribution in [3.63, 3.8) is 0 Å². The zero-order chi connectivity index (χ0) is 44.9. The monoisotopic (exact) mass is 857 g/mol. The van der Waals surface area contributed by atoms with Crippen molar-refractivity contribution < 1.29 is 48.8 Å². The van der Waals surface area contributed by atoms with E-state index in [0.717, 1.165) is 42.4 Å². The van der Waals surface area contributed by atoms with Crippen LogP contribution in [-0.4, -0.2) is 93.3 Å². The Bertz CT molecular complexity index is 2080. The first kappa shape index (κ1) is 44.7. The smallest absolute Gasteiger partial charge is 0.412 e. The molecule has 7 aliphatic rings. The number of nitrogens with two attached hydrogens (primary N) is 1. The lowest BCUT2D eigenvalue weighted by atomic mass is 9.49. The summed E-state index contributed by atoms with van der Waals surface area (Å²) < 4.78 is 5.98. The van der Waals surface area contributed by atoms with Crippen LogP contribution in [0.2, 0.25) is 0 Å². The fraction of sp³-hybridized carbons (Fsp3) is 0.714. The third-order valence-corrected chi connectivity index (χ3v) is 17.6. The molecule has 338 valence electrons. The molecule has 16 atom stereocenters. The SMILES string of the molecule is CC(C)CCCC(C)C1CCC2C1CCC1C2CC=C2CC(OC(=O)Nc3ccc4c(c3O)C(=O)C3C(=O)C5(O)C(=O)C(C(N)=O)C(=O)C(N(C)C)C5C(O)C3C4C)CCC21C. The number of aliphatic hydroxyl groups excluding tert-OH is 1. The van der Waals surface area contributed by atoms with E-state index in [1.54, 1.807) is 6.92 Å². The molecule has 1 aromatic carbocycles. The zero-order valence-electron chi connectivity index (χ0n) is 37.4. The van der Waals surface area contributed by atoms with Crippen LogP contribution in [-0.2, 0) is 23.9 Å². The van der Waals surface area contributed by atoms with Crippen molar-refractivity contribution in [1.29, 1.82) is 0 Å². The summed E-state index contributed by atoms with van der Waals surface area (Å²) in [5.74, 6) is -8.98.